The van der Waals surface area contributed by atoms with Gasteiger partial charge in [-0.2, -0.15) is 0 Å². The van der Waals surface area contributed by atoms with Crippen molar-refractivity contribution in [3.63, 3.8) is 0 Å². The van der Waals surface area contributed by atoms with Gasteiger partial charge < -0.3 is 9.84 Å². The maximum atomic E-state index is 10.4. The summed E-state index contributed by atoms with van der Waals surface area (Å²) in [6.07, 6.45) is 3.60. The molecule has 1 aliphatic rings. The van der Waals surface area contributed by atoms with Gasteiger partial charge in [-0.05, 0) is 41.6 Å². The molecule has 0 aliphatic heterocycles. The van der Waals surface area contributed by atoms with Gasteiger partial charge in [-0.15, -0.1) is 11.3 Å². The van der Waals surface area contributed by atoms with E-state index in [9.17, 15) is 5.11 Å². The van der Waals surface area contributed by atoms with Crippen LogP contribution in [0.1, 0.15) is 30.7 Å². The molecule has 0 unspecified atom stereocenters. The first-order valence-corrected chi connectivity index (χ1v) is 6.68. The predicted molar refractivity (Wildman–Crippen MR) is 63.0 cm³/mol. The van der Waals surface area contributed by atoms with Crippen molar-refractivity contribution in [2.75, 3.05) is 7.11 Å². The van der Waals surface area contributed by atoms with Crippen LogP contribution in [0.5, 0.6) is 0 Å². The second kappa shape index (κ2) is 4.49. The van der Waals surface area contributed by atoms with Crippen LogP contribution >= 0.6 is 27.3 Å². The fourth-order valence-electron chi connectivity index (χ4n) is 1.99. The summed E-state index contributed by atoms with van der Waals surface area (Å²) in [4.78, 5) is 4.30. The monoisotopic (exact) mass is 291 g/mol. The van der Waals surface area contributed by atoms with E-state index < -0.39 is 5.60 Å². The van der Waals surface area contributed by atoms with Crippen LogP contribution in [0.4, 0.5) is 0 Å². The second-order valence-electron chi connectivity index (χ2n) is 3.94. The van der Waals surface area contributed by atoms with Gasteiger partial charge in [0.05, 0.1) is 6.10 Å². The summed E-state index contributed by atoms with van der Waals surface area (Å²) in [6, 6.07) is 0. The van der Waals surface area contributed by atoms with Crippen molar-refractivity contribution >= 4 is 27.3 Å². The van der Waals surface area contributed by atoms with Gasteiger partial charge in [-0.3, -0.25) is 0 Å². The molecule has 0 amide bonds. The SMILES string of the molecule is COC1CCC(O)(c2nc(Br)cs2)CC1. The highest BCUT2D eigenvalue weighted by molar-refractivity contribution is 9.10. The molecule has 3 nitrogen and oxygen atoms in total. The third-order valence-electron chi connectivity index (χ3n) is 2.97. The molecule has 15 heavy (non-hydrogen) atoms. The lowest BCUT2D eigenvalue weighted by Gasteiger charge is -2.33. The molecule has 0 bridgehead atoms. The molecular formula is C10H14BrNO2S. The van der Waals surface area contributed by atoms with Gasteiger partial charge in [0, 0.05) is 12.5 Å². The van der Waals surface area contributed by atoms with E-state index in [4.69, 9.17) is 4.74 Å². The van der Waals surface area contributed by atoms with Gasteiger partial charge in [0.1, 0.15) is 15.2 Å². The van der Waals surface area contributed by atoms with Crippen LogP contribution < -0.4 is 0 Å². The molecule has 1 heterocycles. The highest BCUT2D eigenvalue weighted by Crippen LogP contribution is 2.39. The largest absolute Gasteiger partial charge is 0.383 e. The van der Waals surface area contributed by atoms with E-state index in [-0.39, 0.29) is 0 Å². The molecule has 0 spiro atoms. The van der Waals surface area contributed by atoms with E-state index >= 15 is 0 Å². The average molecular weight is 292 g/mol. The molecule has 1 aliphatic carbocycles. The molecule has 1 fully saturated rings. The van der Waals surface area contributed by atoms with E-state index in [0.717, 1.165) is 35.3 Å². The van der Waals surface area contributed by atoms with Crippen molar-refractivity contribution in [1.29, 1.82) is 0 Å². The first-order valence-electron chi connectivity index (χ1n) is 5.01. The smallest absolute Gasteiger partial charge is 0.126 e. The van der Waals surface area contributed by atoms with Crippen LogP contribution in [0.15, 0.2) is 9.98 Å². The Labute approximate surface area is 102 Å². The van der Waals surface area contributed by atoms with E-state index in [1.54, 1.807) is 7.11 Å². The molecule has 2 rings (SSSR count). The third kappa shape index (κ3) is 2.41. The van der Waals surface area contributed by atoms with Crippen LogP contribution in [0, 0.1) is 0 Å². The van der Waals surface area contributed by atoms with Crippen molar-refractivity contribution < 1.29 is 9.84 Å². The number of aliphatic hydroxyl groups is 1. The zero-order valence-corrected chi connectivity index (χ0v) is 11.0. The Balaban J connectivity index is 2.09. The summed E-state index contributed by atoms with van der Waals surface area (Å²) in [6.45, 7) is 0. The number of methoxy groups -OCH3 is 1. The third-order valence-corrected chi connectivity index (χ3v) is 4.71. The van der Waals surface area contributed by atoms with E-state index in [2.05, 4.69) is 20.9 Å². The van der Waals surface area contributed by atoms with Crippen molar-refractivity contribution in [1.82, 2.24) is 4.98 Å². The molecule has 5 heteroatoms. The fourth-order valence-corrected chi connectivity index (χ4v) is 3.40. The molecule has 84 valence electrons. The Hall–Kier alpha value is 0.0300. The van der Waals surface area contributed by atoms with Crippen LogP contribution in [-0.4, -0.2) is 23.3 Å². The number of hydrogen-bond acceptors (Lipinski definition) is 4. The Morgan fingerprint density at radius 2 is 2.27 bits per heavy atom. The van der Waals surface area contributed by atoms with Gasteiger partial charge in [0.25, 0.3) is 0 Å². The standard InChI is InChI=1S/C10H14BrNO2S/c1-14-7-2-4-10(13,5-3-7)9-12-8(11)6-15-9/h6-7,13H,2-5H2,1H3. The average Bonchev–Trinajstić information content (AvgIpc) is 2.67. The first kappa shape index (κ1) is 11.5. The van der Waals surface area contributed by atoms with Crippen LogP contribution in [0.3, 0.4) is 0 Å². The minimum atomic E-state index is -0.730. The second-order valence-corrected chi connectivity index (χ2v) is 5.61. The number of aromatic nitrogens is 1. The van der Waals surface area contributed by atoms with E-state index in [1.165, 1.54) is 11.3 Å². The molecule has 0 radical (unpaired) electrons. The summed E-state index contributed by atoms with van der Waals surface area (Å²) in [7, 11) is 1.73. The van der Waals surface area contributed by atoms with Crippen molar-refractivity contribution in [2.45, 2.75) is 37.4 Å². The van der Waals surface area contributed by atoms with Crippen LogP contribution in [0.2, 0.25) is 0 Å². The number of rotatable bonds is 2. The minimum Gasteiger partial charge on any atom is -0.383 e. The molecule has 1 aromatic heterocycles. The number of thiazole rings is 1. The number of nitrogens with zero attached hydrogens (tertiary/aromatic N) is 1. The highest BCUT2D eigenvalue weighted by atomic mass is 79.9. The minimum absolute atomic E-state index is 0.300. The molecule has 0 aromatic carbocycles. The number of halogens is 1. The zero-order valence-electron chi connectivity index (χ0n) is 8.57. The normalized spacial score (nSPS) is 31.8. The predicted octanol–water partition coefficient (Wildman–Crippen LogP) is 2.68. The maximum Gasteiger partial charge on any atom is 0.126 e. The quantitative estimate of drug-likeness (QED) is 0.911. The van der Waals surface area contributed by atoms with Crippen LogP contribution in [0.25, 0.3) is 0 Å². The lowest BCUT2D eigenvalue weighted by atomic mass is 9.84. The summed E-state index contributed by atoms with van der Waals surface area (Å²) in [5.74, 6) is 0. The Kier molecular flexibility index (Phi) is 3.45. The Morgan fingerprint density at radius 1 is 1.60 bits per heavy atom. The van der Waals surface area contributed by atoms with Crippen molar-refractivity contribution in [3.8, 4) is 0 Å². The molecule has 1 saturated carbocycles. The van der Waals surface area contributed by atoms with E-state index in [1.807, 2.05) is 5.38 Å². The fraction of sp³-hybridized carbons (Fsp3) is 0.700. The van der Waals surface area contributed by atoms with Crippen molar-refractivity contribution in [2.24, 2.45) is 0 Å². The van der Waals surface area contributed by atoms with Crippen molar-refractivity contribution in [3.05, 3.63) is 15.0 Å². The maximum absolute atomic E-state index is 10.4. The summed E-state index contributed by atoms with van der Waals surface area (Å²) in [5, 5.41) is 13.2. The van der Waals surface area contributed by atoms with Gasteiger partial charge >= 0.3 is 0 Å². The summed E-state index contributed by atoms with van der Waals surface area (Å²) in [5.41, 5.74) is -0.730. The van der Waals surface area contributed by atoms with E-state index in [0.29, 0.717) is 6.10 Å². The summed E-state index contributed by atoms with van der Waals surface area (Å²) < 4.78 is 6.10. The van der Waals surface area contributed by atoms with Gasteiger partial charge in [0.15, 0.2) is 0 Å². The summed E-state index contributed by atoms with van der Waals surface area (Å²) >= 11 is 4.83. The molecule has 1 aromatic rings. The zero-order chi connectivity index (χ0) is 10.9. The number of hydrogen-bond donors (Lipinski definition) is 1. The topological polar surface area (TPSA) is 42.4 Å². The van der Waals surface area contributed by atoms with Crippen LogP contribution in [-0.2, 0) is 10.3 Å². The lowest BCUT2D eigenvalue weighted by Crippen LogP contribution is -2.33. The molecule has 0 atom stereocenters. The number of ether oxygens (including phenoxy) is 1. The Bertz CT molecular complexity index is 334. The highest BCUT2D eigenvalue weighted by Gasteiger charge is 2.37. The van der Waals surface area contributed by atoms with Gasteiger partial charge in [0.2, 0.25) is 0 Å². The molecule has 0 saturated heterocycles. The molecular weight excluding hydrogens is 278 g/mol. The van der Waals surface area contributed by atoms with Gasteiger partial charge in [-0.1, -0.05) is 0 Å². The first-order chi connectivity index (χ1) is 7.14. The Morgan fingerprint density at radius 3 is 2.73 bits per heavy atom. The lowest BCUT2D eigenvalue weighted by molar-refractivity contribution is -0.0475. The van der Waals surface area contributed by atoms with Gasteiger partial charge in [-0.25, -0.2) is 4.98 Å². The molecule has 1 N–H and O–H groups in total.